The minimum absolute atomic E-state index is 0.769. The maximum atomic E-state index is 5.76. The quantitative estimate of drug-likeness (QED) is 0.713. The van der Waals surface area contributed by atoms with E-state index >= 15 is 0 Å². The second-order valence-corrected chi connectivity index (χ2v) is 3.05. The summed E-state index contributed by atoms with van der Waals surface area (Å²) in [5, 5.41) is 2.81. The highest BCUT2D eigenvalue weighted by Gasteiger charge is 2.05. The van der Waals surface area contributed by atoms with E-state index in [-0.39, 0.29) is 0 Å². The molecule has 12 heavy (non-hydrogen) atoms. The molecular formula is C9H9ClN2. The molecule has 0 atom stereocenters. The predicted octanol–water partition coefficient (Wildman–Crippen LogP) is 2.18. The van der Waals surface area contributed by atoms with Crippen LogP contribution in [0.2, 0.25) is 5.02 Å². The highest BCUT2D eigenvalue weighted by Crippen LogP contribution is 2.17. The van der Waals surface area contributed by atoms with Gasteiger partial charge in [-0.15, -0.1) is 0 Å². The summed E-state index contributed by atoms with van der Waals surface area (Å²) in [6.45, 7) is 0.904. The number of benzene rings is 1. The molecule has 2 rings (SSSR count). The maximum absolute atomic E-state index is 5.76. The molecule has 1 aromatic carbocycles. The molecule has 1 N–H and O–H groups in total. The third-order valence-electron chi connectivity index (χ3n) is 1.77. The Hall–Kier alpha value is -1.15. The van der Waals surface area contributed by atoms with Gasteiger partial charge in [-0.25, -0.2) is 0 Å². The summed E-state index contributed by atoms with van der Waals surface area (Å²) in [5.74, 6) is 0. The standard InChI is InChI=1S/C9H9ClN2/c10-8-2-4-9(5-3-8)12-7-1-6-11-12/h1-6,11H,7H2. The molecule has 1 aliphatic rings. The van der Waals surface area contributed by atoms with Gasteiger partial charge >= 0.3 is 0 Å². The van der Waals surface area contributed by atoms with Gasteiger partial charge in [0.2, 0.25) is 0 Å². The number of nitrogens with zero attached hydrogens (tertiary/aromatic N) is 1. The van der Waals surface area contributed by atoms with E-state index in [1.54, 1.807) is 0 Å². The molecule has 0 spiro atoms. The average molecular weight is 181 g/mol. The Morgan fingerprint density at radius 1 is 1.25 bits per heavy atom. The van der Waals surface area contributed by atoms with Crippen molar-refractivity contribution < 1.29 is 0 Å². The zero-order chi connectivity index (χ0) is 8.39. The fraction of sp³-hybridized carbons (Fsp3) is 0.111. The molecule has 0 fully saturated rings. The molecule has 62 valence electrons. The summed E-state index contributed by atoms with van der Waals surface area (Å²) in [5.41, 5.74) is 4.23. The first-order valence-corrected chi connectivity index (χ1v) is 4.18. The van der Waals surface area contributed by atoms with E-state index in [0.29, 0.717) is 0 Å². The smallest absolute Gasteiger partial charge is 0.0592 e. The van der Waals surface area contributed by atoms with Crippen molar-refractivity contribution in [2.75, 3.05) is 11.6 Å². The summed E-state index contributed by atoms with van der Waals surface area (Å²) >= 11 is 5.76. The van der Waals surface area contributed by atoms with Crippen molar-refractivity contribution in [3.63, 3.8) is 0 Å². The summed E-state index contributed by atoms with van der Waals surface area (Å²) < 4.78 is 0. The van der Waals surface area contributed by atoms with Crippen LogP contribution in [0.15, 0.2) is 36.5 Å². The zero-order valence-electron chi connectivity index (χ0n) is 6.50. The number of hydrogen-bond donors (Lipinski definition) is 1. The summed E-state index contributed by atoms with van der Waals surface area (Å²) in [7, 11) is 0. The molecule has 0 saturated heterocycles. The van der Waals surface area contributed by atoms with Gasteiger partial charge in [-0.1, -0.05) is 11.6 Å². The van der Waals surface area contributed by atoms with Crippen LogP contribution < -0.4 is 10.4 Å². The maximum Gasteiger partial charge on any atom is 0.0592 e. The second kappa shape index (κ2) is 3.07. The van der Waals surface area contributed by atoms with Crippen molar-refractivity contribution in [1.29, 1.82) is 0 Å². The summed E-state index contributed by atoms with van der Waals surface area (Å²) in [6.07, 6.45) is 3.99. The van der Waals surface area contributed by atoms with Gasteiger partial charge in [-0.3, -0.25) is 5.01 Å². The van der Waals surface area contributed by atoms with Crippen LogP contribution in [-0.4, -0.2) is 6.54 Å². The van der Waals surface area contributed by atoms with Crippen molar-refractivity contribution in [2.45, 2.75) is 0 Å². The van der Waals surface area contributed by atoms with E-state index in [1.807, 2.05) is 35.5 Å². The Morgan fingerprint density at radius 2 is 2.00 bits per heavy atom. The lowest BCUT2D eigenvalue weighted by Gasteiger charge is -2.17. The summed E-state index contributed by atoms with van der Waals surface area (Å²) in [4.78, 5) is 0. The third kappa shape index (κ3) is 1.38. The van der Waals surface area contributed by atoms with Crippen LogP contribution >= 0.6 is 11.6 Å². The van der Waals surface area contributed by atoms with Gasteiger partial charge in [0, 0.05) is 11.2 Å². The van der Waals surface area contributed by atoms with Gasteiger partial charge in [0.25, 0.3) is 0 Å². The van der Waals surface area contributed by atoms with Crippen molar-refractivity contribution in [3.8, 4) is 0 Å². The molecule has 0 radical (unpaired) electrons. The van der Waals surface area contributed by atoms with Crippen LogP contribution in [0, 0.1) is 0 Å². The first kappa shape index (κ1) is 7.50. The Kier molecular flexibility index (Phi) is 1.92. The van der Waals surface area contributed by atoms with Crippen LogP contribution in [0.3, 0.4) is 0 Å². The fourth-order valence-electron chi connectivity index (χ4n) is 1.15. The van der Waals surface area contributed by atoms with Crippen LogP contribution in [-0.2, 0) is 0 Å². The Bertz CT molecular complexity index is 284. The van der Waals surface area contributed by atoms with E-state index in [9.17, 15) is 0 Å². The molecule has 0 aromatic heterocycles. The number of nitrogens with one attached hydrogen (secondary N) is 1. The lowest BCUT2D eigenvalue weighted by Crippen LogP contribution is -2.29. The van der Waals surface area contributed by atoms with Crippen molar-refractivity contribution in [3.05, 3.63) is 41.6 Å². The minimum Gasteiger partial charge on any atom is -0.306 e. The van der Waals surface area contributed by atoms with Gasteiger partial charge < -0.3 is 5.43 Å². The van der Waals surface area contributed by atoms with Crippen molar-refractivity contribution in [2.24, 2.45) is 0 Å². The second-order valence-electron chi connectivity index (χ2n) is 2.62. The largest absolute Gasteiger partial charge is 0.306 e. The molecule has 2 nitrogen and oxygen atoms in total. The van der Waals surface area contributed by atoms with Gasteiger partial charge in [0.1, 0.15) is 0 Å². The highest BCUT2D eigenvalue weighted by molar-refractivity contribution is 6.30. The number of hydrazine groups is 1. The molecule has 1 aromatic rings. The molecule has 0 unspecified atom stereocenters. The molecular weight excluding hydrogens is 172 g/mol. The predicted molar refractivity (Wildman–Crippen MR) is 51.1 cm³/mol. The monoisotopic (exact) mass is 180 g/mol. The SMILES string of the molecule is Clc1ccc(N2CC=CN2)cc1. The van der Waals surface area contributed by atoms with E-state index in [4.69, 9.17) is 11.6 Å². The van der Waals surface area contributed by atoms with E-state index in [1.165, 1.54) is 0 Å². The fourth-order valence-corrected chi connectivity index (χ4v) is 1.28. The number of anilines is 1. The van der Waals surface area contributed by atoms with E-state index < -0.39 is 0 Å². The Balaban J connectivity index is 2.18. The Labute approximate surface area is 76.4 Å². The summed E-state index contributed by atoms with van der Waals surface area (Å²) in [6, 6.07) is 7.75. The van der Waals surface area contributed by atoms with Crippen LogP contribution in [0.25, 0.3) is 0 Å². The van der Waals surface area contributed by atoms with Crippen LogP contribution in [0.4, 0.5) is 5.69 Å². The molecule has 0 bridgehead atoms. The van der Waals surface area contributed by atoms with Gasteiger partial charge in [-0.05, 0) is 30.3 Å². The lowest BCUT2D eigenvalue weighted by atomic mass is 10.3. The van der Waals surface area contributed by atoms with E-state index in [0.717, 1.165) is 17.3 Å². The minimum atomic E-state index is 0.769. The molecule has 0 saturated carbocycles. The normalized spacial score (nSPS) is 14.9. The highest BCUT2D eigenvalue weighted by atomic mass is 35.5. The number of hydrogen-bond acceptors (Lipinski definition) is 2. The molecule has 1 aliphatic heterocycles. The topological polar surface area (TPSA) is 15.3 Å². The first-order valence-electron chi connectivity index (χ1n) is 3.80. The third-order valence-corrected chi connectivity index (χ3v) is 2.03. The number of halogens is 1. The van der Waals surface area contributed by atoms with Gasteiger partial charge in [0.05, 0.1) is 12.2 Å². The van der Waals surface area contributed by atoms with Crippen molar-refractivity contribution in [1.82, 2.24) is 5.43 Å². The molecule has 1 heterocycles. The molecule has 3 heteroatoms. The van der Waals surface area contributed by atoms with Gasteiger partial charge in [0.15, 0.2) is 0 Å². The Morgan fingerprint density at radius 3 is 2.58 bits per heavy atom. The zero-order valence-corrected chi connectivity index (χ0v) is 7.25. The van der Waals surface area contributed by atoms with Crippen molar-refractivity contribution >= 4 is 17.3 Å². The van der Waals surface area contributed by atoms with E-state index in [2.05, 4.69) is 11.5 Å². The molecule has 0 aliphatic carbocycles. The van der Waals surface area contributed by atoms with Gasteiger partial charge in [-0.2, -0.15) is 0 Å². The number of rotatable bonds is 1. The van der Waals surface area contributed by atoms with Crippen LogP contribution in [0.1, 0.15) is 0 Å². The lowest BCUT2D eigenvalue weighted by molar-refractivity contribution is 0.840. The van der Waals surface area contributed by atoms with Crippen LogP contribution in [0.5, 0.6) is 0 Å². The average Bonchev–Trinajstić information content (AvgIpc) is 2.58. The molecule has 0 amide bonds. The first-order chi connectivity index (χ1) is 5.86.